The number of fused-ring (bicyclic) bond motifs is 1. The molecule has 1 atom stereocenters. The number of hydrogen-bond acceptors (Lipinski definition) is 2. The Bertz CT molecular complexity index is 342. The number of benzene rings is 1. The van der Waals surface area contributed by atoms with Crippen LogP contribution in [0, 0.1) is 0 Å². The topological polar surface area (TPSA) is 35.2 Å². The summed E-state index contributed by atoms with van der Waals surface area (Å²) in [5.74, 6) is 0.838. The van der Waals surface area contributed by atoms with E-state index in [9.17, 15) is 4.39 Å². The summed E-state index contributed by atoms with van der Waals surface area (Å²) < 4.78 is 18.0. The molecule has 1 aromatic carbocycles. The Morgan fingerprint density at radius 1 is 1.53 bits per heavy atom. The van der Waals surface area contributed by atoms with Crippen LogP contribution in [0.2, 0.25) is 0 Å². The average Bonchev–Trinajstić information content (AvgIpc) is 2.63. The molecule has 0 spiro atoms. The minimum absolute atomic E-state index is 0. The molecule has 0 unspecified atom stereocenters. The van der Waals surface area contributed by atoms with E-state index in [1.165, 1.54) is 0 Å². The molecular formula is C11H13ClFNO. The molecule has 1 aliphatic rings. The number of para-hydroxylation sites is 1. The molecule has 0 amide bonds. The second-order valence-electron chi connectivity index (χ2n) is 3.31. The summed E-state index contributed by atoms with van der Waals surface area (Å²) in [7, 11) is 0. The van der Waals surface area contributed by atoms with Crippen molar-refractivity contribution in [1.82, 2.24) is 0 Å². The minimum atomic E-state index is -0.220. The van der Waals surface area contributed by atoms with Crippen LogP contribution in [0.15, 0.2) is 36.2 Å². The second kappa shape index (κ2) is 5.14. The second-order valence-corrected chi connectivity index (χ2v) is 3.31. The fourth-order valence-electron chi connectivity index (χ4n) is 1.64. The molecule has 0 fully saturated rings. The number of rotatable bonds is 2. The van der Waals surface area contributed by atoms with E-state index in [-0.39, 0.29) is 25.1 Å². The van der Waals surface area contributed by atoms with Crippen LogP contribution < -0.4 is 10.5 Å². The SMILES string of the molecule is Cl.NC/C(=C\F)[C@@H]1Cc2ccccc2O1. The minimum Gasteiger partial charge on any atom is -0.485 e. The molecule has 0 radical (unpaired) electrons. The molecule has 0 saturated heterocycles. The number of hydrogen-bond donors (Lipinski definition) is 1. The predicted molar refractivity (Wildman–Crippen MR) is 60.1 cm³/mol. The fourth-order valence-corrected chi connectivity index (χ4v) is 1.64. The van der Waals surface area contributed by atoms with Gasteiger partial charge in [-0.2, -0.15) is 0 Å². The first kappa shape index (κ1) is 12.0. The van der Waals surface area contributed by atoms with Crippen molar-refractivity contribution >= 4 is 12.4 Å². The molecule has 2 N–H and O–H groups in total. The first-order valence-electron chi connectivity index (χ1n) is 4.59. The van der Waals surface area contributed by atoms with Gasteiger partial charge in [-0.05, 0) is 11.6 Å². The van der Waals surface area contributed by atoms with Crippen molar-refractivity contribution < 1.29 is 9.13 Å². The summed E-state index contributed by atoms with van der Waals surface area (Å²) in [5, 5.41) is 0. The number of halogens is 2. The van der Waals surface area contributed by atoms with E-state index in [0.29, 0.717) is 18.3 Å². The summed E-state index contributed by atoms with van der Waals surface area (Å²) in [6, 6.07) is 7.73. The highest BCUT2D eigenvalue weighted by atomic mass is 35.5. The van der Waals surface area contributed by atoms with E-state index < -0.39 is 0 Å². The van der Waals surface area contributed by atoms with Crippen LogP contribution in [-0.2, 0) is 6.42 Å². The molecule has 1 aliphatic heterocycles. The molecule has 1 heterocycles. The van der Waals surface area contributed by atoms with E-state index in [2.05, 4.69) is 0 Å². The van der Waals surface area contributed by atoms with Gasteiger partial charge < -0.3 is 10.5 Å². The Labute approximate surface area is 94.3 Å². The quantitative estimate of drug-likeness (QED) is 0.844. The van der Waals surface area contributed by atoms with Crippen LogP contribution in [0.4, 0.5) is 4.39 Å². The molecule has 2 nitrogen and oxygen atoms in total. The van der Waals surface area contributed by atoms with Gasteiger partial charge in [-0.1, -0.05) is 18.2 Å². The van der Waals surface area contributed by atoms with Crippen LogP contribution in [-0.4, -0.2) is 12.6 Å². The first-order chi connectivity index (χ1) is 6.85. The smallest absolute Gasteiger partial charge is 0.128 e. The number of ether oxygens (including phenoxy) is 1. The third-order valence-corrected chi connectivity index (χ3v) is 2.44. The van der Waals surface area contributed by atoms with Gasteiger partial charge in [0, 0.05) is 18.5 Å². The van der Waals surface area contributed by atoms with Crippen molar-refractivity contribution in [2.75, 3.05) is 6.54 Å². The van der Waals surface area contributed by atoms with Gasteiger partial charge >= 0.3 is 0 Å². The lowest BCUT2D eigenvalue weighted by Gasteiger charge is -2.11. The summed E-state index contributed by atoms with van der Waals surface area (Å²) in [6.07, 6.45) is 1.04. The fraction of sp³-hybridized carbons (Fsp3) is 0.273. The Balaban J connectivity index is 0.00000112. The summed E-state index contributed by atoms with van der Waals surface area (Å²) in [5.41, 5.74) is 7.04. The van der Waals surface area contributed by atoms with Gasteiger partial charge in [-0.15, -0.1) is 12.4 Å². The average molecular weight is 230 g/mol. The molecule has 82 valence electrons. The molecule has 0 bridgehead atoms. The third-order valence-electron chi connectivity index (χ3n) is 2.44. The van der Waals surface area contributed by atoms with Crippen LogP contribution in [0.1, 0.15) is 5.56 Å². The normalized spacial score (nSPS) is 19.1. The van der Waals surface area contributed by atoms with E-state index in [1.807, 2.05) is 24.3 Å². The molecule has 15 heavy (non-hydrogen) atoms. The van der Waals surface area contributed by atoms with Crippen LogP contribution >= 0.6 is 12.4 Å². The van der Waals surface area contributed by atoms with Gasteiger partial charge in [0.15, 0.2) is 0 Å². The van der Waals surface area contributed by atoms with Crippen LogP contribution in [0.3, 0.4) is 0 Å². The van der Waals surface area contributed by atoms with Crippen molar-refractivity contribution in [1.29, 1.82) is 0 Å². The molecule has 0 aromatic heterocycles. The Morgan fingerprint density at radius 3 is 2.87 bits per heavy atom. The zero-order valence-electron chi connectivity index (χ0n) is 8.15. The summed E-state index contributed by atoms with van der Waals surface area (Å²) >= 11 is 0. The highest BCUT2D eigenvalue weighted by molar-refractivity contribution is 5.85. The molecular weight excluding hydrogens is 217 g/mol. The Hall–Kier alpha value is -1.06. The summed E-state index contributed by atoms with van der Waals surface area (Å²) in [4.78, 5) is 0. The highest BCUT2D eigenvalue weighted by Crippen LogP contribution is 2.30. The van der Waals surface area contributed by atoms with Crippen LogP contribution in [0.5, 0.6) is 5.75 Å². The molecule has 1 aromatic rings. The molecule has 0 saturated carbocycles. The van der Waals surface area contributed by atoms with E-state index in [1.54, 1.807) is 0 Å². The summed E-state index contributed by atoms with van der Waals surface area (Å²) in [6.45, 7) is 0.204. The lowest BCUT2D eigenvalue weighted by Crippen LogP contribution is -2.21. The van der Waals surface area contributed by atoms with E-state index in [0.717, 1.165) is 11.3 Å². The highest BCUT2D eigenvalue weighted by Gasteiger charge is 2.24. The maximum atomic E-state index is 12.4. The Kier molecular flexibility index (Phi) is 4.12. The van der Waals surface area contributed by atoms with Crippen molar-refractivity contribution in [3.63, 3.8) is 0 Å². The first-order valence-corrected chi connectivity index (χ1v) is 4.59. The van der Waals surface area contributed by atoms with Gasteiger partial charge in [-0.25, -0.2) is 4.39 Å². The van der Waals surface area contributed by atoms with Crippen molar-refractivity contribution in [3.8, 4) is 5.75 Å². The largest absolute Gasteiger partial charge is 0.485 e. The van der Waals surface area contributed by atoms with Crippen molar-refractivity contribution in [2.45, 2.75) is 12.5 Å². The number of nitrogens with two attached hydrogens (primary N) is 1. The van der Waals surface area contributed by atoms with Crippen molar-refractivity contribution in [3.05, 3.63) is 41.7 Å². The van der Waals surface area contributed by atoms with Gasteiger partial charge in [0.1, 0.15) is 11.9 Å². The van der Waals surface area contributed by atoms with Gasteiger partial charge in [-0.3, -0.25) is 0 Å². The lowest BCUT2D eigenvalue weighted by molar-refractivity contribution is 0.266. The monoisotopic (exact) mass is 229 g/mol. The van der Waals surface area contributed by atoms with E-state index in [4.69, 9.17) is 10.5 Å². The maximum Gasteiger partial charge on any atom is 0.128 e. The lowest BCUT2D eigenvalue weighted by atomic mass is 10.1. The van der Waals surface area contributed by atoms with Gasteiger partial charge in [0.2, 0.25) is 0 Å². The van der Waals surface area contributed by atoms with Gasteiger partial charge in [0.25, 0.3) is 0 Å². The van der Waals surface area contributed by atoms with Crippen molar-refractivity contribution in [2.24, 2.45) is 5.73 Å². The predicted octanol–water partition coefficient (Wildman–Crippen LogP) is 2.22. The zero-order chi connectivity index (χ0) is 9.97. The Morgan fingerprint density at radius 2 is 2.27 bits per heavy atom. The van der Waals surface area contributed by atoms with Gasteiger partial charge in [0.05, 0.1) is 6.33 Å². The molecule has 0 aliphatic carbocycles. The zero-order valence-corrected chi connectivity index (χ0v) is 8.97. The standard InChI is InChI=1S/C11H12FNO.ClH/c12-6-9(7-13)11-5-8-3-1-2-4-10(8)14-11;/h1-4,6,11H,5,7,13H2;1H/b9-6+;/t11-;/m0./s1. The van der Waals surface area contributed by atoms with Crippen LogP contribution in [0.25, 0.3) is 0 Å². The molecule has 2 rings (SSSR count). The third kappa shape index (κ3) is 2.30. The molecule has 4 heteroatoms. The maximum absolute atomic E-state index is 12.4. The van der Waals surface area contributed by atoms with E-state index >= 15 is 0 Å².